The van der Waals surface area contributed by atoms with Crippen LogP contribution in [0.25, 0.3) is 0 Å². The van der Waals surface area contributed by atoms with Gasteiger partial charge >= 0.3 is 0 Å². The lowest BCUT2D eigenvalue weighted by molar-refractivity contribution is 0.120. The lowest BCUT2D eigenvalue weighted by atomic mass is 9.96. The van der Waals surface area contributed by atoms with Crippen molar-refractivity contribution in [3.05, 3.63) is 60.2 Å². The van der Waals surface area contributed by atoms with Crippen LogP contribution in [0.1, 0.15) is 30.9 Å². The molecule has 2 saturated heterocycles. The normalized spacial score (nSPS) is 24.0. The number of likely N-dealkylation sites (tertiary alicyclic amines) is 1. The first kappa shape index (κ1) is 20.4. The molecule has 2 aliphatic heterocycles. The van der Waals surface area contributed by atoms with Crippen LogP contribution < -0.4 is 15.6 Å². The molecule has 7 nitrogen and oxygen atoms in total. The summed E-state index contributed by atoms with van der Waals surface area (Å²) in [7, 11) is -3.60. The number of nitrogens with one attached hydrogen (secondary N) is 3. The second kappa shape index (κ2) is 8.85. The molecule has 2 aromatic rings. The molecular weight excluding hydrogens is 393 g/mol. The summed E-state index contributed by atoms with van der Waals surface area (Å²) in [5, 5.41) is 0. The quantitative estimate of drug-likeness (QED) is 0.662. The van der Waals surface area contributed by atoms with Gasteiger partial charge in [-0.1, -0.05) is 0 Å². The molecule has 4 rings (SSSR count). The summed E-state index contributed by atoms with van der Waals surface area (Å²) in [5.74, 6) is -0.149. The molecule has 0 radical (unpaired) electrons. The number of sulfonamides is 1. The van der Waals surface area contributed by atoms with Crippen LogP contribution in [0.5, 0.6) is 0 Å². The lowest BCUT2D eigenvalue weighted by Gasteiger charge is -2.35. The summed E-state index contributed by atoms with van der Waals surface area (Å²) in [5.41, 5.74) is 7.97. The Kier molecular flexibility index (Phi) is 6.21. The van der Waals surface area contributed by atoms with E-state index in [1.807, 2.05) is 24.5 Å². The van der Waals surface area contributed by atoms with Crippen molar-refractivity contribution in [3.8, 4) is 0 Å². The number of nitrogens with zero attached hydrogens (tertiary/aromatic N) is 2. The van der Waals surface area contributed by atoms with Crippen LogP contribution in [0, 0.1) is 11.7 Å². The highest BCUT2D eigenvalue weighted by molar-refractivity contribution is 7.89. The smallest absolute Gasteiger partial charge is 0.240 e. The van der Waals surface area contributed by atoms with Gasteiger partial charge in [-0.3, -0.25) is 9.88 Å². The lowest BCUT2D eigenvalue weighted by Crippen LogP contribution is -2.49. The van der Waals surface area contributed by atoms with Crippen LogP contribution in [0.15, 0.2) is 53.7 Å². The van der Waals surface area contributed by atoms with Gasteiger partial charge in [0.1, 0.15) is 5.82 Å². The Labute approximate surface area is 170 Å². The van der Waals surface area contributed by atoms with Crippen molar-refractivity contribution in [3.63, 3.8) is 0 Å². The van der Waals surface area contributed by atoms with Gasteiger partial charge in [-0.05, 0) is 80.2 Å². The van der Waals surface area contributed by atoms with Gasteiger partial charge in [-0.2, -0.15) is 0 Å². The van der Waals surface area contributed by atoms with Gasteiger partial charge in [0.05, 0.1) is 11.1 Å². The molecule has 156 valence electrons. The Morgan fingerprint density at radius 1 is 1.07 bits per heavy atom. The number of hydrogen-bond acceptors (Lipinski definition) is 6. The number of benzene rings is 1. The molecule has 0 amide bonds. The number of halogens is 1. The molecule has 2 atom stereocenters. The molecule has 3 N–H and O–H groups in total. The molecule has 9 heteroatoms. The second-order valence-corrected chi connectivity index (χ2v) is 9.43. The highest BCUT2D eigenvalue weighted by Crippen LogP contribution is 2.26. The molecule has 1 aromatic carbocycles. The monoisotopic (exact) mass is 419 g/mol. The summed E-state index contributed by atoms with van der Waals surface area (Å²) in [6.45, 7) is 2.25. The first-order chi connectivity index (χ1) is 14.0. The molecule has 0 saturated carbocycles. The minimum absolute atomic E-state index is 0.0970. The Morgan fingerprint density at radius 3 is 2.45 bits per heavy atom. The summed E-state index contributed by atoms with van der Waals surface area (Å²) in [6.07, 6.45) is 6.73. The number of piperidine rings is 1. The Hall–Kier alpha value is -1.91. The summed E-state index contributed by atoms with van der Waals surface area (Å²) in [6, 6.07) is 9.23. The van der Waals surface area contributed by atoms with Crippen molar-refractivity contribution < 1.29 is 12.8 Å². The van der Waals surface area contributed by atoms with E-state index in [9.17, 15) is 12.8 Å². The van der Waals surface area contributed by atoms with Gasteiger partial charge in [0.25, 0.3) is 0 Å². The van der Waals surface area contributed by atoms with Crippen LogP contribution in [0.3, 0.4) is 0 Å². The Bertz CT molecular complexity index is 902. The highest BCUT2D eigenvalue weighted by Gasteiger charge is 2.32. The van der Waals surface area contributed by atoms with Gasteiger partial charge in [-0.15, -0.1) is 0 Å². The van der Waals surface area contributed by atoms with Crippen LogP contribution in [0.2, 0.25) is 0 Å². The maximum atomic E-state index is 13.0. The predicted molar refractivity (Wildman–Crippen MR) is 108 cm³/mol. The van der Waals surface area contributed by atoms with Crippen molar-refractivity contribution in [1.29, 1.82) is 0 Å². The molecule has 29 heavy (non-hydrogen) atoms. The first-order valence-electron chi connectivity index (χ1n) is 9.91. The van der Waals surface area contributed by atoms with Crippen LogP contribution in [0.4, 0.5) is 4.39 Å². The maximum Gasteiger partial charge on any atom is 0.240 e. The van der Waals surface area contributed by atoms with Gasteiger partial charge < -0.3 is 0 Å². The molecule has 3 heterocycles. The fourth-order valence-corrected chi connectivity index (χ4v) is 5.10. The van der Waals surface area contributed by atoms with E-state index in [4.69, 9.17) is 0 Å². The topological polar surface area (TPSA) is 86.4 Å². The van der Waals surface area contributed by atoms with E-state index < -0.39 is 15.8 Å². The average Bonchev–Trinajstić information content (AvgIpc) is 3.24. The maximum absolute atomic E-state index is 13.0. The summed E-state index contributed by atoms with van der Waals surface area (Å²) < 4.78 is 40.4. The van der Waals surface area contributed by atoms with Gasteiger partial charge in [-0.25, -0.2) is 28.4 Å². The zero-order valence-electron chi connectivity index (χ0n) is 16.1. The fraction of sp³-hybridized carbons (Fsp3) is 0.450. The molecule has 2 unspecified atom stereocenters. The largest absolute Gasteiger partial charge is 0.287 e. The van der Waals surface area contributed by atoms with Crippen molar-refractivity contribution in [1.82, 2.24) is 25.5 Å². The number of pyridine rings is 1. The summed E-state index contributed by atoms with van der Waals surface area (Å²) >= 11 is 0. The van der Waals surface area contributed by atoms with E-state index in [1.165, 1.54) is 17.7 Å². The third-order valence-electron chi connectivity index (χ3n) is 5.77. The third-order valence-corrected chi connectivity index (χ3v) is 7.21. The molecule has 0 aliphatic carbocycles. The molecule has 2 fully saturated rings. The van der Waals surface area contributed by atoms with Crippen molar-refractivity contribution in [2.24, 2.45) is 5.92 Å². The van der Waals surface area contributed by atoms with E-state index in [-0.39, 0.29) is 17.1 Å². The van der Waals surface area contributed by atoms with Crippen molar-refractivity contribution in [2.75, 3.05) is 19.6 Å². The molecule has 1 aromatic heterocycles. The average molecular weight is 420 g/mol. The van der Waals surface area contributed by atoms with Gasteiger partial charge in [0, 0.05) is 25.0 Å². The first-order valence-corrected chi connectivity index (χ1v) is 11.4. The molecule has 0 spiro atoms. The van der Waals surface area contributed by atoms with Gasteiger partial charge in [0.15, 0.2) is 0 Å². The number of aromatic nitrogens is 1. The van der Waals surface area contributed by atoms with Gasteiger partial charge in [0.2, 0.25) is 10.0 Å². The molecule has 0 bridgehead atoms. The van der Waals surface area contributed by atoms with Crippen molar-refractivity contribution in [2.45, 2.75) is 36.4 Å². The number of hydrazine groups is 1. The molecule has 2 aliphatic rings. The number of rotatable bonds is 6. The zero-order valence-corrected chi connectivity index (χ0v) is 16.9. The van der Waals surface area contributed by atoms with Crippen LogP contribution in [-0.2, 0) is 10.0 Å². The zero-order chi connectivity index (χ0) is 20.3. The van der Waals surface area contributed by atoms with E-state index in [2.05, 4.69) is 25.5 Å². The van der Waals surface area contributed by atoms with Crippen LogP contribution >= 0.6 is 0 Å². The molecular formula is C20H26FN5O2S. The minimum atomic E-state index is -3.60. The van der Waals surface area contributed by atoms with E-state index in [0.717, 1.165) is 44.5 Å². The summed E-state index contributed by atoms with van der Waals surface area (Å²) in [4.78, 5) is 6.58. The third kappa shape index (κ3) is 4.99. The highest BCUT2D eigenvalue weighted by atomic mass is 32.2. The fourth-order valence-electron chi connectivity index (χ4n) is 3.99. The van der Waals surface area contributed by atoms with E-state index >= 15 is 0 Å². The van der Waals surface area contributed by atoms with E-state index in [1.54, 1.807) is 0 Å². The van der Waals surface area contributed by atoms with Crippen LogP contribution in [-0.4, -0.2) is 44.1 Å². The minimum Gasteiger partial charge on any atom is -0.287 e. The second-order valence-electron chi connectivity index (χ2n) is 7.66. The standard InChI is InChI=1S/C20H26FN5O2S/c21-17-1-3-18(4-2-17)29(27,28)23-14-15-7-11-26(12-8-15)20-13-19(24-25-20)16-5-9-22-10-6-16/h1-6,9-10,15,19-20,23-25H,7-8,11-14H2. The van der Waals surface area contributed by atoms with Crippen molar-refractivity contribution >= 4 is 10.0 Å². The van der Waals surface area contributed by atoms with E-state index in [0.29, 0.717) is 12.5 Å². The predicted octanol–water partition coefficient (Wildman–Crippen LogP) is 1.78. The Balaban J connectivity index is 1.24. The SMILES string of the molecule is O=S(=O)(NCC1CCN(C2CC(c3ccncc3)NN2)CC1)c1ccc(F)cc1. The number of hydrogen-bond donors (Lipinski definition) is 3. The Morgan fingerprint density at radius 2 is 1.76 bits per heavy atom.